The first-order valence-corrected chi connectivity index (χ1v) is 5.49. The molecule has 1 rings (SSSR count). The quantitative estimate of drug-likeness (QED) is 0.484. The van der Waals surface area contributed by atoms with Crippen LogP contribution >= 0.6 is 0 Å². The largest absolute Gasteiger partial charge is 0.370 e. The van der Waals surface area contributed by atoms with Gasteiger partial charge in [0.15, 0.2) is 0 Å². The summed E-state index contributed by atoms with van der Waals surface area (Å²) >= 11 is 0. The SMILES string of the molecule is C=C(CCCNc1cc(C)ccn1)NNC. The first kappa shape index (κ1) is 12.5. The minimum Gasteiger partial charge on any atom is -0.370 e. The number of aryl methyl sites for hydroxylation is 1. The summed E-state index contributed by atoms with van der Waals surface area (Å²) in [6, 6.07) is 4.03. The van der Waals surface area contributed by atoms with Crippen LogP contribution in [0.15, 0.2) is 30.6 Å². The second-order valence-electron chi connectivity index (χ2n) is 3.73. The third-order valence-corrected chi connectivity index (χ3v) is 2.18. The third-order valence-electron chi connectivity index (χ3n) is 2.18. The average Bonchev–Trinajstić information content (AvgIpc) is 2.25. The normalized spacial score (nSPS) is 9.88. The second-order valence-corrected chi connectivity index (χ2v) is 3.73. The zero-order chi connectivity index (χ0) is 11.8. The van der Waals surface area contributed by atoms with E-state index in [-0.39, 0.29) is 0 Å². The molecule has 0 aliphatic rings. The van der Waals surface area contributed by atoms with Gasteiger partial charge in [0.05, 0.1) is 0 Å². The van der Waals surface area contributed by atoms with Crippen LogP contribution in [0, 0.1) is 6.92 Å². The minimum absolute atomic E-state index is 0.904. The van der Waals surface area contributed by atoms with Crippen LogP contribution in [0.5, 0.6) is 0 Å². The standard InChI is InChI=1S/C12H20N4/c1-10-6-8-15-12(9-10)14-7-4-5-11(2)16-13-3/h6,8-9,13,16H,2,4-5,7H2,1,3H3,(H,14,15). The highest BCUT2D eigenvalue weighted by molar-refractivity contribution is 5.36. The summed E-state index contributed by atoms with van der Waals surface area (Å²) < 4.78 is 0. The lowest BCUT2D eigenvalue weighted by atomic mass is 10.2. The van der Waals surface area contributed by atoms with Gasteiger partial charge < -0.3 is 10.7 Å². The lowest BCUT2D eigenvalue weighted by Crippen LogP contribution is -2.26. The van der Waals surface area contributed by atoms with E-state index in [1.807, 2.05) is 25.4 Å². The molecule has 0 aliphatic carbocycles. The van der Waals surface area contributed by atoms with Gasteiger partial charge in [-0.3, -0.25) is 0 Å². The number of allylic oxidation sites excluding steroid dienone is 1. The van der Waals surface area contributed by atoms with Gasteiger partial charge in [0, 0.05) is 25.5 Å². The highest BCUT2D eigenvalue weighted by Gasteiger charge is 1.95. The third kappa shape index (κ3) is 4.79. The highest BCUT2D eigenvalue weighted by Crippen LogP contribution is 2.06. The van der Waals surface area contributed by atoms with E-state index in [0.717, 1.165) is 30.9 Å². The van der Waals surface area contributed by atoms with Crippen molar-refractivity contribution in [1.29, 1.82) is 0 Å². The van der Waals surface area contributed by atoms with Gasteiger partial charge in [-0.2, -0.15) is 0 Å². The molecule has 0 saturated carbocycles. The molecule has 0 unspecified atom stereocenters. The molecule has 1 heterocycles. The topological polar surface area (TPSA) is 49.0 Å². The Bertz CT molecular complexity index is 336. The monoisotopic (exact) mass is 220 g/mol. The molecule has 88 valence electrons. The van der Waals surface area contributed by atoms with Crippen LogP contribution in [0.25, 0.3) is 0 Å². The molecule has 0 radical (unpaired) electrons. The van der Waals surface area contributed by atoms with Crippen molar-refractivity contribution < 1.29 is 0 Å². The molecule has 3 N–H and O–H groups in total. The lowest BCUT2D eigenvalue weighted by Gasteiger charge is -2.09. The number of hydrogen-bond acceptors (Lipinski definition) is 4. The molecule has 0 amide bonds. The molecule has 4 nitrogen and oxygen atoms in total. The Balaban J connectivity index is 2.18. The Labute approximate surface area is 97.1 Å². The highest BCUT2D eigenvalue weighted by atomic mass is 15.3. The number of hydrazine groups is 1. The summed E-state index contributed by atoms with van der Waals surface area (Å²) in [4.78, 5) is 4.23. The summed E-state index contributed by atoms with van der Waals surface area (Å²) in [6.45, 7) is 6.85. The van der Waals surface area contributed by atoms with Crippen molar-refractivity contribution in [3.05, 3.63) is 36.2 Å². The molecular formula is C12H20N4. The Morgan fingerprint density at radius 3 is 3.00 bits per heavy atom. The van der Waals surface area contributed by atoms with Crippen LogP contribution in [0.2, 0.25) is 0 Å². The molecular weight excluding hydrogens is 200 g/mol. The zero-order valence-corrected chi connectivity index (χ0v) is 10.0. The van der Waals surface area contributed by atoms with Crippen molar-refractivity contribution in [1.82, 2.24) is 15.8 Å². The predicted octanol–water partition coefficient (Wildman–Crippen LogP) is 1.82. The average molecular weight is 220 g/mol. The molecule has 4 heteroatoms. The van der Waals surface area contributed by atoms with E-state index in [0.29, 0.717) is 0 Å². The summed E-state index contributed by atoms with van der Waals surface area (Å²) in [5, 5.41) is 3.28. The van der Waals surface area contributed by atoms with Crippen LogP contribution in [0.1, 0.15) is 18.4 Å². The van der Waals surface area contributed by atoms with E-state index in [1.165, 1.54) is 5.56 Å². The fraction of sp³-hybridized carbons (Fsp3) is 0.417. The lowest BCUT2D eigenvalue weighted by molar-refractivity contribution is 0.647. The number of nitrogens with one attached hydrogen (secondary N) is 3. The van der Waals surface area contributed by atoms with Crippen molar-refractivity contribution in [3.63, 3.8) is 0 Å². The maximum absolute atomic E-state index is 4.23. The van der Waals surface area contributed by atoms with Crippen LogP contribution in [0.3, 0.4) is 0 Å². The molecule has 1 aromatic heterocycles. The van der Waals surface area contributed by atoms with Crippen LogP contribution in [-0.2, 0) is 0 Å². The van der Waals surface area contributed by atoms with Crippen LogP contribution in [0.4, 0.5) is 5.82 Å². The van der Waals surface area contributed by atoms with Gasteiger partial charge in [0.1, 0.15) is 5.82 Å². The number of rotatable bonds is 7. The zero-order valence-electron chi connectivity index (χ0n) is 10.0. The van der Waals surface area contributed by atoms with Crippen molar-refractivity contribution in [2.45, 2.75) is 19.8 Å². The number of pyridine rings is 1. The van der Waals surface area contributed by atoms with Gasteiger partial charge in [0.25, 0.3) is 0 Å². The first-order chi connectivity index (χ1) is 7.72. The van der Waals surface area contributed by atoms with Crippen molar-refractivity contribution in [2.75, 3.05) is 18.9 Å². The van der Waals surface area contributed by atoms with Crippen LogP contribution in [-0.4, -0.2) is 18.6 Å². The van der Waals surface area contributed by atoms with Gasteiger partial charge in [-0.05, 0) is 37.5 Å². The van der Waals surface area contributed by atoms with Crippen molar-refractivity contribution >= 4 is 5.82 Å². The molecule has 16 heavy (non-hydrogen) atoms. The van der Waals surface area contributed by atoms with Gasteiger partial charge in [-0.25, -0.2) is 10.4 Å². The molecule has 0 aliphatic heterocycles. The molecule has 0 spiro atoms. The Morgan fingerprint density at radius 1 is 1.50 bits per heavy atom. The summed E-state index contributed by atoms with van der Waals surface area (Å²) in [7, 11) is 1.83. The smallest absolute Gasteiger partial charge is 0.126 e. The number of anilines is 1. The van der Waals surface area contributed by atoms with E-state index in [9.17, 15) is 0 Å². The number of nitrogens with zero attached hydrogens (tertiary/aromatic N) is 1. The summed E-state index contributed by atoms with van der Waals surface area (Å²) in [5.41, 5.74) is 8.04. The maximum atomic E-state index is 4.23. The number of hydrogen-bond donors (Lipinski definition) is 3. The van der Waals surface area contributed by atoms with Crippen molar-refractivity contribution in [3.8, 4) is 0 Å². The van der Waals surface area contributed by atoms with E-state index >= 15 is 0 Å². The van der Waals surface area contributed by atoms with E-state index in [1.54, 1.807) is 0 Å². The van der Waals surface area contributed by atoms with Gasteiger partial charge in [-0.1, -0.05) is 6.58 Å². The summed E-state index contributed by atoms with van der Waals surface area (Å²) in [5.74, 6) is 0.937. The minimum atomic E-state index is 0.904. The van der Waals surface area contributed by atoms with Crippen LogP contribution < -0.4 is 16.2 Å². The molecule has 0 aromatic carbocycles. The van der Waals surface area contributed by atoms with Crippen molar-refractivity contribution in [2.24, 2.45) is 0 Å². The molecule has 0 fully saturated rings. The molecule has 0 saturated heterocycles. The Kier molecular flexibility index (Phi) is 5.36. The molecule has 0 atom stereocenters. The predicted molar refractivity (Wildman–Crippen MR) is 68.0 cm³/mol. The van der Waals surface area contributed by atoms with E-state index in [4.69, 9.17) is 0 Å². The first-order valence-electron chi connectivity index (χ1n) is 5.49. The second kappa shape index (κ2) is 6.85. The van der Waals surface area contributed by atoms with Gasteiger partial charge >= 0.3 is 0 Å². The van der Waals surface area contributed by atoms with Gasteiger partial charge in [-0.15, -0.1) is 0 Å². The number of aromatic nitrogens is 1. The Morgan fingerprint density at radius 2 is 2.31 bits per heavy atom. The summed E-state index contributed by atoms with van der Waals surface area (Å²) in [6.07, 6.45) is 3.79. The molecule has 0 bridgehead atoms. The fourth-order valence-corrected chi connectivity index (χ4v) is 1.39. The fourth-order valence-electron chi connectivity index (χ4n) is 1.39. The Hall–Kier alpha value is -1.55. The molecule has 1 aromatic rings. The van der Waals surface area contributed by atoms with E-state index < -0.39 is 0 Å². The van der Waals surface area contributed by atoms with Gasteiger partial charge in [0.2, 0.25) is 0 Å². The maximum Gasteiger partial charge on any atom is 0.126 e. The van der Waals surface area contributed by atoms with E-state index in [2.05, 4.69) is 34.7 Å².